The molecule has 2 fully saturated rings. The van der Waals surface area contributed by atoms with Crippen LogP contribution in [0, 0.1) is 41.4 Å². The van der Waals surface area contributed by atoms with E-state index in [0.29, 0.717) is 41.3 Å². The van der Waals surface area contributed by atoms with Gasteiger partial charge in [0.15, 0.2) is 13.2 Å². The number of carbonyl (C=O) groups excluding carboxylic acids is 1. The number of carboxylic acid groups (broad SMARTS) is 1. The van der Waals surface area contributed by atoms with E-state index in [-0.39, 0.29) is 62.2 Å². The lowest BCUT2D eigenvalue weighted by molar-refractivity contribution is -0.355. The van der Waals surface area contributed by atoms with Crippen LogP contribution in [0.3, 0.4) is 0 Å². The number of aliphatic carboxylic acids is 1. The summed E-state index contributed by atoms with van der Waals surface area (Å²) in [4.78, 5) is 35.2. The van der Waals surface area contributed by atoms with Crippen molar-refractivity contribution in [3.05, 3.63) is 107 Å². The van der Waals surface area contributed by atoms with Crippen LogP contribution >= 0.6 is 0 Å². The Morgan fingerprint density at radius 1 is 0.718 bits per heavy atom. The number of esters is 1. The van der Waals surface area contributed by atoms with E-state index in [9.17, 15) is 19.8 Å². The maximum atomic E-state index is 12.3. The Hall–Kier alpha value is -4.26. The van der Waals surface area contributed by atoms with E-state index in [2.05, 4.69) is 39.0 Å². The number of ether oxygens (including phenoxy) is 3. The zero-order valence-corrected chi connectivity index (χ0v) is 43.6. The molecule has 3 aromatic carbocycles. The maximum absolute atomic E-state index is 12.3. The molecule has 392 valence electrons. The minimum absolute atomic E-state index is 0.0632. The highest BCUT2D eigenvalue weighted by Gasteiger charge is 2.47. The van der Waals surface area contributed by atoms with E-state index < -0.39 is 5.97 Å². The van der Waals surface area contributed by atoms with Crippen LogP contribution in [-0.4, -0.2) is 70.9 Å². The number of benzene rings is 3. The third kappa shape index (κ3) is 16.6. The van der Waals surface area contributed by atoms with Gasteiger partial charge in [-0.15, -0.1) is 0 Å². The molecule has 0 amide bonds. The largest absolute Gasteiger partial charge is 0.482 e. The van der Waals surface area contributed by atoms with Crippen molar-refractivity contribution in [1.82, 2.24) is 0 Å². The Bertz CT molecular complexity index is 2090. The summed E-state index contributed by atoms with van der Waals surface area (Å²) in [6, 6.07) is 21.7. The lowest BCUT2D eigenvalue weighted by Crippen LogP contribution is -2.35. The summed E-state index contributed by atoms with van der Waals surface area (Å²) in [5, 5.41) is 30.1. The molecule has 71 heavy (non-hydrogen) atoms. The van der Waals surface area contributed by atoms with Crippen molar-refractivity contribution in [1.29, 1.82) is 0 Å². The molecule has 0 heterocycles. The number of carboxylic acids is 1. The van der Waals surface area contributed by atoms with Crippen molar-refractivity contribution < 1.29 is 48.9 Å². The second-order valence-corrected chi connectivity index (χ2v) is 21.3. The molecule has 11 heteroatoms. The van der Waals surface area contributed by atoms with Gasteiger partial charge >= 0.3 is 11.9 Å². The Labute approximate surface area is 425 Å². The highest BCUT2D eigenvalue weighted by atomic mass is 17.2. The third-order valence-electron chi connectivity index (χ3n) is 16.2. The van der Waals surface area contributed by atoms with Gasteiger partial charge < -0.3 is 35.3 Å². The summed E-state index contributed by atoms with van der Waals surface area (Å²) in [6.07, 6.45) is 21.4. The van der Waals surface area contributed by atoms with Gasteiger partial charge in [-0.3, -0.25) is 0 Å². The SMILES string of the molecule is C/C=C/C(N)C(C)OOC1CC2Cc3c(cccc3OCC(=O)O)CC2C1CCC(O)CCCCC.CCCCCC(O)CCC1C(C)CC2Cc3c(cccc3OCC(=O)OCc3ccccc3)CC21. The van der Waals surface area contributed by atoms with E-state index in [1.54, 1.807) is 0 Å². The number of aliphatic hydroxyl groups excluding tert-OH is 2. The molecule has 12 atom stereocenters. The number of hydrogen-bond donors (Lipinski definition) is 4. The van der Waals surface area contributed by atoms with Crippen molar-refractivity contribution >= 4 is 11.9 Å². The van der Waals surface area contributed by atoms with E-state index >= 15 is 0 Å². The molecule has 0 saturated heterocycles. The van der Waals surface area contributed by atoms with E-state index in [1.807, 2.05) is 74.5 Å². The molecule has 4 aliphatic rings. The maximum Gasteiger partial charge on any atom is 0.344 e. The molecule has 4 aliphatic carbocycles. The zero-order chi connectivity index (χ0) is 50.7. The van der Waals surface area contributed by atoms with Crippen molar-refractivity contribution in [2.75, 3.05) is 13.2 Å². The van der Waals surface area contributed by atoms with Gasteiger partial charge in [0.05, 0.1) is 24.4 Å². The van der Waals surface area contributed by atoms with Gasteiger partial charge in [-0.2, -0.15) is 0 Å². The monoisotopic (exact) mass is 982 g/mol. The standard InChI is InChI=1S/C31H42O4.C29H45NO6/c1-3-4-6-13-26(32)15-16-27-22(2)17-25-19-29-24(18-28(25)27)12-9-14-30(29)34-21-31(33)35-20-23-10-7-5-8-11-23;1-4-6-7-11-22(31)13-14-23-24-15-20-10-8-12-27(34-18-29(32)33)25(20)16-21(24)17-28(23)36-35-19(3)26(30)9-5-2/h5,7-12,14,22,25-28,32H,3-4,6,13,15-21H2,1-2H3;5,8-10,12,19,21-24,26,28,31H,4,6-7,11,13-18,30H2,1-3H3,(H,32,33)/b;9-5+. The van der Waals surface area contributed by atoms with E-state index in [4.69, 9.17) is 34.8 Å². The van der Waals surface area contributed by atoms with Crippen LogP contribution in [0.15, 0.2) is 78.9 Å². The minimum Gasteiger partial charge on any atom is -0.482 e. The molecule has 12 unspecified atom stereocenters. The first-order valence-corrected chi connectivity index (χ1v) is 27.3. The highest BCUT2D eigenvalue weighted by molar-refractivity contribution is 5.71. The van der Waals surface area contributed by atoms with Gasteiger partial charge in [-0.05, 0) is 172 Å². The molecule has 0 bridgehead atoms. The molecule has 3 aromatic rings. The van der Waals surface area contributed by atoms with Gasteiger partial charge in [-0.25, -0.2) is 19.4 Å². The van der Waals surface area contributed by atoms with Crippen LogP contribution < -0.4 is 15.2 Å². The number of carbonyl (C=O) groups is 2. The normalized spacial score (nSPS) is 24.8. The summed E-state index contributed by atoms with van der Waals surface area (Å²) in [6.45, 7) is 10.5. The van der Waals surface area contributed by atoms with Crippen LogP contribution in [-0.2, 0) is 56.4 Å². The number of allylic oxidation sites excluding steroid dienone is 1. The van der Waals surface area contributed by atoms with Crippen molar-refractivity contribution in [2.45, 2.75) is 187 Å². The molecule has 2 saturated carbocycles. The van der Waals surface area contributed by atoms with Gasteiger partial charge in [0.2, 0.25) is 0 Å². The van der Waals surface area contributed by atoms with E-state index in [0.717, 1.165) is 113 Å². The minimum atomic E-state index is -0.976. The van der Waals surface area contributed by atoms with Crippen LogP contribution in [0.2, 0.25) is 0 Å². The number of unbranched alkanes of at least 4 members (excludes halogenated alkanes) is 4. The summed E-state index contributed by atoms with van der Waals surface area (Å²) in [5.74, 6) is 4.00. The molecule has 0 spiro atoms. The number of rotatable bonds is 27. The molecule has 5 N–H and O–H groups in total. The van der Waals surface area contributed by atoms with Crippen LogP contribution in [0.1, 0.15) is 152 Å². The Morgan fingerprint density at radius 2 is 1.28 bits per heavy atom. The van der Waals surface area contributed by atoms with Crippen molar-refractivity contribution in [2.24, 2.45) is 47.2 Å². The van der Waals surface area contributed by atoms with Gasteiger partial charge in [0, 0.05) is 0 Å². The fraction of sp³-hybridized carbons (Fsp3) is 0.633. The quantitative estimate of drug-likeness (QED) is 0.0189. The second kappa shape index (κ2) is 28.8. The second-order valence-electron chi connectivity index (χ2n) is 21.3. The predicted molar refractivity (Wildman–Crippen MR) is 279 cm³/mol. The van der Waals surface area contributed by atoms with Crippen molar-refractivity contribution in [3.63, 3.8) is 0 Å². The molecule has 7 rings (SSSR count). The molecule has 0 aromatic heterocycles. The van der Waals surface area contributed by atoms with Crippen LogP contribution in [0.25, 0.3) is 0 Å². The molecule has 0 radical (unpaired) electrons. The molecule has 11 nitrogen and oxygen atoms in total. The fourth-order valence-corrected chi connectivity index (χ4v) is 12.3. The van der Waals surface area contributed by atoms with Crippen LogP contribution in [0.5, 0.6) is 11.5 Å². The molecule has 0 aliphatic heterocycles. The average Bonchev–Trinajstić information content (AvgIpc) is 3.87. The lowest BCUT2D eigenvalue weighted by atomic mass is 9.73. The topological polar surface area (TPSA) is 167 Å². The lowest BCUT2D eigenvalue weighted by Gasteiger charge is -2.33. The third-order valence-corrected chi connectivity index (χ3v) is 16.2. The fourth-order valence-electron chi connectivity index (χ4n) is 12.3. The predicted octanol–water partition coefficient (Wildman–Crippen LogP) is 11.3. The van der Waals surface area contributed by atoms with Crippen LogP contribution in [0.4, 0.5) is 0 Å². The van der Waals surface area contributed by atoms with Gasteiger partial charge in [0.25, 0.3) is 0 Å². The number of fused-ring (bicyclic) bond motifs is 4. The molecular weight excluding hydrogens is 895 g/mol. The van der Waals surface area contributed by atoms with Gasteiger partial charge in [0.1, 0.15) is 24.2 Å². The summed E-state index contributed by atoms with van der Waals surface area (Å²) < 4.78 is 17.0. The average molecular weight is 982 g/mol. The number of hydrogen-bond acceptors (Lipinski definition) is 10. The summed E-state index contributed by atoms with van der Waals surface area (Å²) in [7, 11) is 0. The number of nitrogens with two attached hydrogens (primary N) is 1. The Balaban J connectivity index is 0.000000232. The zero-order valence-electron chi connectivity index (χ0n) is 43.6. The Kier molecular flexibility index (Phi) is 22.8. The first-order valence-electron chi connectivity index (χ1n) is 27.3. The Morgan fingerprint density at radius 3 is 1.86 bits per heavy atom. The summed E-state index contributed by atoms with van der Waals surface area (Å²) >= 11 is 0. The summed E-state index contributed by atoms with van der Waals surface area (Å²) in [5.41, 5.74) is 12.1. The first kappa shape index (κ1) is 56.0. The van der Waals surface area contributed by atoms with E-state index in [1.165, 1.54) is 36.0 Å². The first-order chi connectivity index (χ1) is 34.4. The molecular formula is C60H87NO10. The number of aliphatic hydroxyl groups is 2. The van der Waals surface area contributed by atoms with Crippen molar-refractivity contribution in [3.8, 4) is 11.5 Å². The highest BCUT2D eigenvalue weighted by Crippen LogP contribution is 2.52. The van der Waals surface area contributed by atoms with Gasteiger partial charge in [-0.1, -0.05) is 126 Å². The smallest absolute Gasteiger partial charge is 0.344 e.